The second kappa shape index (κ2) is 8.07. The van der Waals surface area contributed by atoms with Gasteiger partial charge in [0.2, 0.25) is 0 Å². The minimum Gasteiger partial charge on any atom is -0.481 e. The van der Waals surface area contributed by atoms with E-state index in [2.05, 4.69) is 0 Å². The average molecular weight is 142 g/mol. The monoisotopic (exact) mass is 142 g/mol. The summed E-state index contributed by atoms with van der Waals surface area (Å²) in [5, 5.41) is 7.99. The molecule has 0 atom stereocenters. The Kier molecular flexibility index (Phi) is 11.9. The Balaban J connectivity index is 0. The molecule has 0 aromatic carbocycles. The molecule has 0 aliphatic carbocycles. The van der Waals surface area contributed by atoms with Gasteiger partial charge in [0.15, 0.2) is 0 Å². The van der Waals surface area contributed by atoms with Crippen molar-refractivity contribution in [2.45, 2.75) is 12.8 Å². The molecular formula is C4H9KNO2. The van der Waals surface area contributed by atoms with Crippen molar-refractivity contribution in [1.82, 2.24) is 0 Å². The van der Waals surface area contributed by atoms with Crippen molar-refractivity contribution in [2.24, 2.45) is 5.73 Å². The molecule has 0 aromatic rings. The van der Waals surface area contributed by atoms with Crippen LogP contribution in [-0.2, 0) is 4.79 Å². The van der Waals surface area contributed by atoms with Crippen LogP contribution in [0.3, 0.4) is 0 Å². The summed E-state index contributed by atoms with van der Waals surface area (Å²) < 4.78 is 0. The molecule has 0 saturated carbocycles. The first kappa shape index (κ1) is 11.8. The standard InChI is InChI=1S/C4H9NO2.K/c5-3-1-2-4(6)7;/h1-3,5H2,(H,6,7);. The quantitative estimate of drug-likeness (QED) is 0.519. The van der Waals surface area contributed by atoms with Gasteiger partial charge in [-0.15, -0.1) is 0 Å². The molecule has 0 aliphatic heterocycles. The summed E-state index contributed by atoms with van der Waals surface area (Å²) >= 11 is 0. The second-order valence-electron chi connectivity index (χ2n) is 1.29. The van der Waals surface area contributed by atoms with Gasteiger partial charge in [0.05, 0.1) is 0 Å². The summed E-state index contributed by atoms with van der Waals surface area (Å²) in [5.41, 5.74) is 5.01. The van der Waals surface area contributed by atoms with Gasteiger partial charge < -0.3 is 10.8 Å². The number of nitrogens with two attached hydrogens (primary N) is 1. The number of carboxylic acids is 1. The minimum absolute atomic E-state index is 0. The fourth-order valence-electron chi connectivity index (χ4n) is 0.253. The van der Waals surface area contributed by atoms with Crippen molar-refractivity contribution in [3.63, 3.8) is 0 Å². The van der Waals surface area contributed by atoms with Crippen LogP contribution < -0.4 is 5.73 Å². The van der Waals surface area contributed by atoms with Gasteiger partial charge in [-0.25, -0.2) is 0 Å². The molecule has 0 amide bonds. The predicted octanol–water partition coefficient (Wildman–Crippen LogP) is -0.571. The molecule has 0 aliphatic rings. The van der Waals surface area contributed by atoms with Gasteiger partial charge in [0.1, 0.15) is 0 Å². The third-order valence-electron chi connectivity index (χ3n) is 0.595. The first-order valence-corrected chi connectivity index (χ1v) is 2.19. The van der Waals surface area contributed by atoms with Crippen molar-refractivity contribution in [2.75, 3.05) is 6.54 Å². The summed E-state index contributed by atoms with van der Waals surface area (Å²) in [5.74, 6) is -0.773. The van der Waals surface area contributed by atoms with Crippen LogP contribution in [0.25, 0.3) is 0 Å². The van der Waals surface area contributed by atoms with Crippen LogP contribution in [-0.4, -0.2) is 69.0 Å². The average Bonchev–Trinajstić information content (AvgIpc) is 1.61. The molecule has 0 heterocycles. The van der Waals surface area contributed by atoms with Crippen molar-refractivity contribution < 1.29 is 9.90 Å². The van der Waals surface area contributed by atoms with Gasteiger partial charge in [0.25, 0.3) is 0 Å². The molecule has 0 bridgehead atoms. The fraction of sp³-hybridized carbons (Fsp3) is 0.750. The summed E-state index contributed by atoms with van der Waals surface area (Å²) in [4.78, 5) is 9.70. The van der Waals surface area contributed by atoms with E-state index in [0.29, 0.717) is 13.0 Å². The first-order chi connectivity index (χ1) is 3.27. The summed E-state index contributed by atoms with van der Waals surface area (Å²) in [7, 11) is 0. The van der Waals surface area contributed by atoms with Crippen molar-refractivity contribution in [3.05, 3.63) is 0 Å². The van der Waals surface area contributed by atoms with Crippen molar-refractivity contribution >= 4 is 57.4 Å². The molecule has 8 heavy (non-hydrogen) atoms. The maximum Gasteiger partial charge on any atom is 0.303 e. The number of hydrogen-bond acceptors (Lipinski definition) is 2. The van der Waals surface area contributed by atoms with Crippen LogP contribution in [0.4, 0.5) is 0 Å². The maximum atomic E-state index is 9.70. The maximum absolute atomic E-state index is 9.70. The zero-order valence-electron chi connectivity index (χ0n) is 5.05. The van der Waals surface area contributed by atoms with Gasteiger partial charge >= 0.3 is 5.97 Å². The molecule has 4 heteroatoms. The Morgan fingerprint density at radius 1 is 1.62 bits per heavy atom. The van der Waals surface area contributed by atoms with Crippen LogP contribution in [0.1, 0.15) is 12.8 Å². The normalized spacial score (nSPS) is 7.62. The number of carbonyl (C=O) groups is 1. The molecule has 0 unspecified atom stereocenters. The summed E-state index contributed by atoms with van der Waals surface area (Å²) in [6.07, 6.45) is 0.770. The van der Waals surface area contributed by atoms with Gasteiger partial charge in [-0.2, -0.15) is 0 Å². The molecule has 0 saturated heterocycles. The molecule has 0 aromatic heterocycles. The molecular weight excluding hydrogens is 133 g/mol. The Morgan fingerprint density at radius 2 is 2.12 bits per heavy atom. The zero-order valence-corrected chi connectivity index (χ0v) is 8.18. The third kappa shape index (κ3) is 10.1. The third-order valence-corrected chi connectivity index (χ3v) is 0.595. The SMILES string of the molecule is NCCCC(=O)O.[K]. The molecule has 3 nitrogen and oxygen atoms in total. The smallest absolute Gasteiger partial charge is 0.303 e. The van der Waals surface area contributed by atoms with Gasteiger partial charge in [-0.3, -0.25) is 4.79 Å². The zero-order chi connectivity index (χ0) is 5.70. The van der Waals surface area contributed by atoms with Crippen LogP contribution in [0.5, 0.6) is 0 Å². The van der Waals surface area contributed by atoms with Crippen molar-refractivity contribution in [3.8, 4) is 0 Å². The summed E-state index contributed by atoms with van der Waals surface area (Å²) in [6.45, 7) is 0.465. The number of hydrogen-bond donors (Lipinski definition) is 2. The van der Waals surface area contributed by atoms with Crippen LogP contribution in [0.15, 0.2) is 0 Å². The fourth-order valence-corrected chi connectivity index (χ4v) is 0.253. The van der Waals surface area contributed by atoms with E-state index in [1.54, 1.807) is 0 Å². The molecule has 43 valence electrons. The van der Waals surface area contributed by atoms with E-state index in [1.807, 2.05) is 0 Å². The number of rotatable bonds is 3. The van der Waals surface area contributed by atoms with E-state index < -0.39 is 5.97 Å². The Morgan fingerprint density at radius 3 is 2.25 bits per heavy atom. The van der Waals surface area contributed by atoms with Crippen molar-refractivity contribution in [1.29, 1.82) is 0 Å². The number of aliphatic carboxylic acids is 1. The van der Waals surface area contributed by atoms with E-state index in [0.717, 1.165) is 0 Å². The van der Waals surface area contributed by atoms with E-state index in [9.17, 15) is 4.79 Å². The van der Waals surface area contributed by atoms with Gasteiger partial charge in [-0.05, 0) is 13.0 Å². The van der Waals surface area contributed by atoms with E-state index in [-0.39, 0.29) is 57.8 Å². The molecule has 3 N–H and O–H groups in total. The van der Waals surface area contributed by atoms with Crippen LogP contribution in [0.2, 0.25) is 0 Å². The van der Waals surface area contributed by atoms with E-state index in [1.165, 1.54) is 0 Å². The number of carboxylic acid groups (broad SMARTS) is 1. The van der Waals surface area contributed by atoms with Gasteiger partial charge in [0, 0.05) is 57.8 Å². The Labute approximate surface area is 91.1 Å². The van der Waals surface area contributed by atoms with Crippen LogP contribution >= 0.6 is 0 Å². The molecule has 0 spiro atoms. The topological polar surface area (TPSA) is 63.3 Å². The molecule has 0 rings (SSSR count). The largest absolute Gasteiger partial charge is 0.481 e. The first-order valence-electron chi connectivity index (χ1n) is 2.19. The van der Waals surface area contributed by atoms with E-state index >= 15 is 0 Å². The Bertz CT molecular complexity index is 67.1. The summed E-state index contributed by atoms with van der Waals surface area (Å²) in [6, 6.07) is 0. The van der Waals surface area contributed by atoms with Gasteiger partial charge in [-0.1, -0.05) is 0 Å². The second-order valence-corrected chi connectivity index (χ2v) is 1.29. The van der Waals surface area contributed by atoms with Crippen LogP contribution in [0, 0.1) is 0 Å². The van der Waals surface area contributed by atoms with E-state index in [4.69, 9.17) is 10.8 Å². The molecule has 1 radical (unpaired) electrons. The predicted molar refractivity (Wildman–Crippen MR) is 31.7 cm³/mol. The molecule has 0 fully saturated rings. The minimum atomic E-state index is -0.773. The Hall–Kier alpha value is 1.07.